The molecule has 1 amide bonds. The Kier molecular flexibility index (Phi) is 4.26. The Morgan fingerprint density at radius 3 is 2.81 bits per heavy atom. The van der Waals surface area contributed by atoms with Crippen molar-refractivity contribution < 1.29 is 14.3 Å². The fraction of sp³-hybridized carbons (Fsp3) is 0.733. The number of amides is 1. The van der Waals surface area contributed by atoms with Crippen LogP contribution in [0.1, 0.15) is 36.2 Å². The minimum Gasteiger partial charge on any atom is -0.382 e. The Morgan fingerprint density at radius 1 is 1.43 bits per heavy atom. The molecule has 6 heteroatoms. The molecule has 3 rings (SSSR count). The van der Waals surface area contributed by atoms with E-state index < -0.39 is 0 Å². The lowest BCUT2D eigenvalue weighted by molar-refractivity contribution is -0.139. The number of nitrogens with zero attached hydrogens (tertiary/aromatic N) is 2. The van der Waals surface area contributed by atoms with E-state index in [9.17, 15) is 4.79 Å². The lowest BCUT2D eigenvalue weighted by Gasteiger charge is -2.53. The van der Waals surface area contributed by atoms with Crippen LogP contribution in [-0.4, -0.2) is 60.5 Å². The number of ether oxygens (including phenoxy) is 2. The first-order valence-corrected chi connectivity index (χ1v) is 7.64. The third kappa shape index (κ3) is 2.82. The number of hydrogen-bond acceptors (Lipinski definition) is 4. The Labute approximate surface area is 124 Å². The molecule has 1 saturated carbocycles. The minimum absolute atomic E-state index is 0.0542. The summed E-state index contributed by atoms with van der Waals surface area (Å²) in [6, 6.07) is 1.73. The average molecular weight is 293 g/mol. The molecule has 1 aliphatic carbocycles. The highest BCUT2D eigenvalue weighted by molar-refractivity contribution is 5.92. The molecule has 2 fully saturated rings. The summed E-state index contributed by atoms with van der Waals surface area (Å²) in [5.74, 6) is 0.0542. The van der Waals surface area contributed by atoms with Crippen molar-refractivity contribution in [3.05, 3.63) is 18.0 Å². The molecule has 2 heterocycles. The Bertz CT molecular complexity index is 467. The van der Waals surface area contributed by atoms with E-state index in [-0.39, 0.29) is 5.91 Å². The van der Waals surface area contributed by atoms with Crippen molar-refractivity contribution in [2.75, 3.05) is 33.4 Å². The van der Waals surface area contributed by atoms with Crippen molar-refractivity contribution in [3.8, 4) is 0 Å². The van der Waals surface area contributed by atoms with Gasteiger partial charge >= 0.3 is 0 Å². The van der Waals surface area contributed by atoms with E-state index in [0.29, 0.717) is 30.4 Å². The van der Waals surface area contributed by atoms with Gasteiger partial charge in [0.1, 0.15) is 5.69 Å². The number of carbonyl (C=O) groups excluding carboxylic acids is 1. The van der Waals surface area contributed by atoms with Crippen molar-refractivity contribution in [2.45, 2.75) is 31.8 Å². The molecule has 21 heavy (non-hydrogen) atoms. The molecule has 1 aliphatic heterocycles. The number of nitrogens with one attached hydrogen (secondary N) is 1. The topological polar surface area (TPSA) is 67.5 Å². The fourth-order valence-electron chi connectivity index (χ4n) is 3.48. The summed E-state index contributed by atoms with van der Waals surface area (Å²) in [7, 11) is 1.69. The SMILES string of the molecule is COCCOC1CCC12CCN(C(=O)c1ccn[nH]1)CC2. The van der Waals surface area contributed by atoms with E-state index >= 15 is 0 Å². The van der Waals surface area contributed by atoms with Gasteiger partial charge in [0.25, 0.3) is 5.91 Å². The molecule has 116 valence electrons. The molecule has 1 saturated heterocycles. The Hall–Kier alpha value is -1.40. The van der Waals surface area contributed by atoms with E-state index in [1.54, 1.807) is 19.4 Å². The third-order valence-corrected chi connectivity index (χ3v) is 4.97. The van der Waals surface area contributed by atoms with Crippen molar-refractivity contribution >= 4 is 5.91 Å². The minimum atomic E-state index is 0.0542. The second kappa shape index (κ2) is 6.15. The van der Waals surface area contributed by atoms with E-state index in [4.69, 9.17) is 9.47 Å². The standard InChI is InChI=1S/C15H23N3O3/c1-20-10-11-21-13-2-4-15(13)5-8-18(9-6-15)14(19)12-3-7-16-17-12/h3,7,13H,2,4-6,8-11H2,1H3,(H,16,17). The summed E-state index contributed by atoms with van der Waals surface area (Å²) < 4.78 is 11.0. The van der Waals surface area contributed by atoms with Gasteiger partial charge in [-0.2, -0.15) is 5.10 Å². The summed E-state index contributed by atoms with van der Waals surface area (Å²) in [4.78, 5) is 14.2. The van der Waals surface area contributed by atoms with Gasteiger partial charge in [-0.1, -0.05) is 0 Å². The predicted molar refractivity (Wildman–Crippen MR) is 77.0 cm³/mol. The highest BCUT2D eigenvalue weighted by Gasteiger charge is 2.49. The molecule has 1 aromatic rings. The van der Waals surface area contributed by atoms with Crippen LogP contribution in [0.4, 0.5) is 0 Å². The molecular weight excluding hydrogens is 270 g/mol. The smallest absolute Gasteiger partial charge is 0.271 e. The first-order valence-electron chi connectivity index (χ1n) is 7.64. The van der Waals surface area contributed by atoms with Crippen LogP contribution in [0.3, 0.4) is 0 Å². The molecule has 1 atom stereocenters. The maximum Gasteiger partial charge on any atom is 0.271 e. The lowest BCUT2D eigenvalue weighted by Crippen LogP contribution is -2.54. The number of methoxy groups -OCH3 is 1. The number of rotatable bonds is 5. The van der Waals surface area contributed by atoms with Crippen LogP contribution in [0, 0.1) is 5.41 Å². The van der Waals surface area contributed by atoms with E-state index in [1.165, 1.54) is 6.42 Å². The van der Waals surface area contributed by atoms with Crippen LogP contribution in [0.25, 0.3) is 0 Å². The highest BCUT2D eigenvalue weighted by Crippen LogP contribution is 2.50. The molecule has 1 spiro atoms. The average Bonchev–Trinajstić information content (AvgIpc) is 3.04. The summed E-state index contributed by atoms with van der Waals surface area (Å²) in [6.07, 6.45) is 6.38. The van der Waals surface area contributed by atoms with Gasteiger partial charge in [0, 0.05) is 31.8 Å². The van der Waals surface area contributed by atoms with Gasteiger partial charge in [0.15, 0.2) is 0 Å². The summed E-state index contributed by atoms with van der Waals surface area (Å²) >= 11 is 0. The third-order valence-electron chi connectivity index (χ3n) is 4.97. The van der Waals surface area contributed by atoms with Crippen LogP contribution in [0.15, 0.2) is 12.3 Å². The van der Waals surface area contributed by atoms with Gasteiger partial charge in [-0.25, -0.2) is 0 Å². The van der Waals surface area contributed by atoms with Gasteiger partial charge in [-0.3, -0.25) is 9.89 Å². The van der Waals surface area contributed by atoms with E-state index in [2.05, 4.69) is 10.2 Å². The molecule has 6 nitrogen and oxygen atoms in total. The monoisotopic (exact) mass is 293 g/mol. The number of aromatic amines is 1. The number of aromatic nitrogens is 2. The molecule has 0 radical (unpaired) electrons. The van der Waals surface area contributed by atoms with Crippen LogP contribution in [0.5, 0.6) is 0 Å². The van der Waals surface area contributed by atoms with Crippen molar-refractivity contribution in [1.29, 1.82) is 0 Å². The normalized spacial score (nSPS) is 24.0. The molecule has 1 unspecified atom stereocenters. The number of piperidine rings is 1. The quantitative estimate of drug-likeness (QED) is 0.835. The summed E-state index contributed by atoms with van der Waals surface area (Å²) in [6.45, 7) is 2.93. The first kappa shape index (κ1) is 14.5. The van der Waals surface area contributed by atoms with Gasteiger partial charge in [0.2, 0.25) is 0 Å². The second-order valence-electron chi connectivity index (χ2n) is 6.02. The van der Waals surface area contributed by atoms with E-state index in [1.807, 2.05) is 4.90 Å². The zero-order valence-electron chi connectivity index (χ0n) is 12.5. The number of H-pyrrole nitrogens is 1. The highest BCUT2D eigenvalue weighted by atomic mass is 16.5. The van der Waals surface area contributed by atoms with E-state index in [0.717, 1.165) is 32.4 Å². The fourth-order valence-corrected chi connectivity index (χ4v) is 3.48. The van der Waals surface area contributed by atoms with Crippen molar-refractivity contribution in [1.82, 2.24) is 15.1 Å². The largest absolute Gasteiger partial charge is 0.382 e. The van der Waals surface area contributed by atoms with Crippen LogP contribution in [-0.2, 0) is 9.47 Å². The number of likely N-dealkylation sites (tertiary alicyclic amines) is 1. The zero-order chi connectivity index (χ0) is 14.7. The van der Waals surface area contributed by atoms with Gasteiger partial charge < -0.3 is 14.4 Å². The molecule has 1 aromatic heterocycles. The summed E-state index contributed by atoms with van der Waals surface area (Å²) in [5, 5.41) is 6.59. The second-order valence-corrected chi connectivity index (χ2v) is 6.02. The van der Waals surface area contributed by atoms with Crippen molar-refractivity contribution in [2.24, 2.45) is 5.41 Å². The number of carbonyl (C=O) groups is 1. The molecule has 2 aliphatic rings. The van der Waals surface area contributed by atoms with Crippen molar-refractivity contribution in [3.63, 3.8) is 0 Å². The maximum absolute atomic E-state index is 12.3. The summed E-state index contributed by atoms with van der Waals surface area (Å²) in [5.41, 5.74) is 0.867. The molecule has 0 bridgehead atoms. The maximum atomic E-state index is 12.3. The van der Waals surface area contributed by atoms with Gasteiger partial charge in [-0.15, -0.1) is 0 Å². The van der Waals surface area contributed by atoms with Crippen LogP contribution >= 0.6 is 0 Å². The van der Waals surface area contributed by atoms with Gasteiger partial charge in [-0.05, 0) is 31.7 Å². The van der Waals surface area contributed by atoms with Gasteiger partial charge in [0.05, 0.1) is 19.3 Å². The Morgan fingerprint density at radius 2 is 2.24 bits per heavy atom. The van der Waals surface area contributed by atoms with Crippen LogP contribution in [0.2, 0.25) is 0 Å². The molecular formula is C15H23N3O3. The predicted octanol–water partition coefficient (Wildman–Crippen LogP) is 1.46. The molecule has 1 N–H and O–H groups in total. The lowest BCUT2D eigenvalue weighted by atomic mass is 9.60. The molecule has 0 aromatic carbocycles. The van der Waals surface area contributed by atoms with Crippen LogP contribution < -0.4 is 0 Å². The zero-order valence-corrected chi connectivity index (χ0v) is 12.5. The Balaban J connectivity index is 1.52. The first-order chi connectivity index (χ1) is 10.2. The number of hydrogen-bond donors (Lipinski definition) is 1.